The fourth-order valence-corrected chi connectivity index (χ4v) is 3.61. The van der Waals surface area contributed by atoms with Crippen molar-refractivity contribution in [2.75, 3.05) is 19.7 Å². The molecule has 3 aliphatic rings. The maximum absolute atomic E-state index is 6.26. The molecular weight excluding hydrogens is 214 g/mol. The van der Waals surface area contributed by atoms with Crippen LogP contribution in [0.15, 0.2) is 0 Å². The fraction of sp³-hybridized carbons (Fsp3) is 1.00. The van der Waals surface area contributed by atoms with Crippen molar-refractivity contribution in [3.63, 3.8) is 0 Å². The van der Waals surface area contributed by atoms with Crippen LogP contribution in [0.25, 0.3) is 0 Å². The number of hydrogen-bond donors (Lipinski definition) is 1. The topological polar surface area (TPSA) is 30.5 Å². The average molecular weight is 239 g/mol. The molecule has 0 aromatic carbocycles. The van der Waals surface area contributed by atoms with Crippen LogP contribution in [0.1, 0.15) is 51.4 Å². The van der Waals surface area contributed by atoms with Gasteiger partial charge in [-0.05, 0) is 45.1 Å². The quantitative estimate of drug-likeness (QED) is 0.819. The van der Waals surface area contributed by atoms with E-state index in [1.807, 2.05) is 0 Å². The summed E-state index contributed by atoms with van der Waals surface area (Å²) < 4.78 is 12.2. The van der Waals surface area contributed by atoms with E-state index in [-0.39, 0.29) is 5.60 Å². The first kappa shape index (κ1) is 11.9. The molecule has 3 rings (SSSR count). The van der Waals surface area contributed by atoms with Crippen molar-refractivity contribution in [2.24, 2.45) is 0 Å². The molecule has 1 aliphatic carbocycles. The third-order valence-electron chi connectivity index (χ3n) is 4.62. The molecule has 3 nitrogen and oxygen atoms in total. The highest BCUT2D eigenvalue weighted by molar-refractivity contribution is 4.92. The lowest BCUT2D eigenvalue weighted by Crippen LogP contribution is -2.37. The predicted molar refractivity (Wildman–Crippen MR) is 67.1 cm³/mol. The van der Waals surface area contributed by atoms with Gasteiger partial charge in [-0.15, -0.1) is 0 Å². The van der Waals surface area contributed by atoms with E-state index < -0.39 is 0 Å². The highest BCUT2D eigenvalue weighted by Crippen LogP contribution is 2.43. The molecule has 3 fully saturated rings. The van der Waals surface area contributed by atoms with E-state index in [1.165, 1.54) is 51.4 Å². The van der Waals surface area contributed by atoms with Crippen molar-refractivity contribution >= 4 is 0 Å². The molecule has 0 aromatic heterocycles. The summed E-state index contributed by atoms with van der Waals surface area (Å²) in [6, 6.07) is 0. The summed E-state index contributed by atoms with van der Waals surface area (Å²) in [4.78, 5) is 0. The highest BCUT2D eigenvalue weighted by atomic mass is 16.6. The van der Waals surface area contributed by atoms with Crippen LogP contribution in [0.5, 0.6) is 0 Å². The summed E-state index contributed by atoms with van der Waals surface area (Å²) in [5.41, 5.74) is 0.263. The van der Waals surface area contributed by atoms with Gasteiger partial charge in [0.2, 0.25) is 0 Å². The smallest absolute Gasteiger partial charge is 0.0817 e. The van der Waals surface area contributed by atoms with Crippen molar-refractivity contribution in [3.05, 3.63) is 0 Å². The Morgan fingerprint density at radius 2 is 2.00 bits per heavy atom. The molecule has 2 aliphatic heterocycles. The lowest BCUT2D eigenvalue weighted by atomic mass is 9.98. The van der Waals surface area contributed by atoms with Crippen molar-refractivity contribution in [2.45, 2.75) is 69.2 Å². The van der Waals surface area contributed by atoms with Crippen LogP contribution in [0.4, 0.5) is 0 Å². The van der Waals surface area contributed by atoms with Crippen molar-refractivity contribution < 1.29 is 9.47 Å². The monoisotopic (exact) mass is 239 g/mol. The summed E-state index contributed by atoms with van der Waals surface area (Å²) in [5, 5.41) is 3.39. The molecule has 1 spiro atoms. The van der Waals surface area contributed by atoms with E-state index in [9.17, 15) is 0 Å². The summed E-state index contributed by atoms with van der Waals surface area (Å²) in [6.45, 7) is 2.99. The maximum Gasteiger partial charge on any atom is 0.0817 e. The summed E-state index contributed by atoms with van der Waals surface area (Å²) in [6.07, 6.45) is 11.0. The van der Waals surface area contributed by atoms with Gasteiger partial charge in [0.05, 0.1) is 24.4 Å². The molecule has 2 atom stereocenters. The van der Waals surface area contributed by atoms with Gasteiger partial charge in [0.15, 0.2) is 0 Å². The SMILES string of the molecule is C1CNCC(OCC2CCC3(CCCC3)O2)C1. The number of rotatable bonds is 3. The predicted octanol–water partition coefficient (Wildman–Crippen LogP) is 2.25. The Hall–Kier alpha value is -0.120. The Labute approximate surface area is 104 Å². The first-order valence-electron chi connectivity index (χ1n) is 7.36. The zero-order valence-electron chi connectivity index (χ0n) is 10.7. The second-order valence-electron chi connectivity index (χ2n) is 5.97. The Kier molecular flexibility index (Phi) is 3.69. The molecule has 3 heteroatoms. The lowest BCUT2D eigenvalue weighted by Gasteiger charge is -2.26. The minimum Gasteiger partial charge on any atom is -0.374 e. The van der Waals surface area contributed by atoms with E-state index in [2.05, 4.69) is 5.32 Å². The van der Waals surface area contributed by atoms with E-state index in [0.29, 0.717) is 12.2 Å². The zero-order chi connectivity index (χ0) is 11.6. The molecule has 2 saturated heterocycles. The van der Waals surface area contributed by atoms with Crippen LogP contribution in [0.3, 0.4) is 0 Å². The molecule has 0 amide bonds. The molecule has 17 heavy (non-hydrogen) atoms. The Morgan fingerprint density at radius 1 is 1.12 bits per heavy atom. The second-order valence-corrected chi connectivity index (χ2v) is 5.97. The lowest BCUT2D eigenvalue weighted by molar-refractivity contribution is -0.0842. The number of piperidine rings is 1. The summed E-state index contributed by atoms with van der Waals surface area (Å²) >= 11 is 0. The molecule has 1 N–H and O–H groups in total. The largest absolute Gasteiger partial charge is 0.374 e. The third kappa shape index (κ3) is 2.83. The van der Waals surface area contributed by atoms with Crippen molar-refractivity contribution in [1.29, 1.82) is 0 Å². The maximum atomic E-state index is 6.26. The number of hydrogen-bond acceptors (Lipinski definition) is 3. The van der Waals surface area contributed by atoms with Crippen molar-refractivity contribution in [1.82, 2.24) is 5.32 Å². The summed E-state index contributed by atoms with van der Waals surface area (Å²) in [7, 11) is 0. The third-order valence-corrected chi connectivity index (χ3v) is 4.62. The van der Waals surface area contributed by atoms with E-state index in [1.54, 1.807) is 0 Å². The fourth-order valence-electron chi connectivity index (χ4n) is 3.61. The zero-order valence-corrected chi connectivity index (χ0v) is 10.7. The molecule has 0 radical (unpaired) electrons. The van der Waals surface area contributed by atoms with Gasteiger partial charge in [-0.25, -0.2) is 0 Å². The number of ether oxygens (including phenoxy) is 2. The van der Waals surface area contributed by atoms with E-state index in [0.717, 1.165) is 19.7 Å². The first-order chi connectivity index (χ1) is 8.36. The molecule has 2 heterocycles. The second kappa shape index (κ2) is 5.25. The van der Waals surface area contributed by atoms with Crippen LogP contribution in [0, 0.1) is 0 Å². The number of nitrogens with one attached hydrogen (secondary N) is 1. The van der Waals surface area contributed by atoms with Gasteiger partial charge in [0.1, 0.15) is 0 Å². The van der Waals surface area contributed by atoms with Crippen LogP contribution < -0.4 is 5.32 Å². The average Bonchev–Trinajstić information content (AvgIpc) is 2.99. The van der Waals surface area contributed by atoms with Gasteiger partial charge in [0.25, 0.3) is 0 Å². The Balaban J connectivity index is 1.41. The van der Waals surface area contributed by atoms with Crippen LogP contribution in [-0.2, 0) is 9.47 Å². The van der Waals surface area contributed by atoms with Gasteiger partial charge >= 0.3 is 0 Å². The minimum absolute atomic E-state index is 0.263. The molecule has 98 valence electrons. The highest BCUT2D eigenvalue weighted by Gasteiger charge is 2.42. The van der Waals surface area contributed by atoms with Crippen LogP contribution in [0.2, 0.25) is 0 Å². The molecule has 1 saturated carbocycles. The van der Waals surface area contributed by atoms with Gasteiger partial charge in [-0.3, -0.25) is 0 Å². The first-order valence-corrected chi connectivity index (χ1v) is 7.36. The minimum atomic E-state index is 0.263. The molecular formula is C14H25NO2. The van der Waals surface area contributed by atoms with Crippen molar-refractivity contribution in [3.8, 4) is 0 Å². The van der Waals surface area contributed by atoms with E-state index in [4.69, 9.17) is 9.47 Å². The van der Waals surface area contributed by atoms with Gasteiger partial charge in [-0.1, -0.05) is 12.8 Å². The molecule has 2 unspecified atom stereocenters. The standard InChI is InChI=1S/C14H25NO2/c1-2-7-14(6-1)8-5-13(17-14)11-16-12-4-3-9-15-10-12/h12-13,15H,1-11H2. The molecule has 0 aromatic rings. The van der Waals surface area contributed by atoms with Gasteiger partial charge in [0, 0.05) is 6.54 Å². The Morgan fingerprint density at radius 3 is 2.76 bits per heavy atom. The van der Waals surface area contributed by atoms with Gasteiger partial charge in [-0.2, -0.15) is 0 Å². The van der Waals surface area contributed by atoms with Crippen LogP contribution >= 0.6 is 0 Å². The van der Waals surface area contributed by atoms with Crippen LogP contribution in [-0.4, -0.2) is 37.5 Å². The summed E-state index contributed by atoms with van der Waals surface area (Å²) in [5.74, 6) is 0. The van der Waals surface area contributed by atoms with Gasteiger partial charge < -0.3 is 14.8 Å². The molecule has 0 bridgehead atoms. The van der Waals surface area contributed by atoms with E-state index >= 15 is 0 Å². The normalized spacial score (nSPS) is 36.7. The Bertz CT molecular complexity index is 245.